The minimum Gasteiger partial charge on any atom is -0.491 e. The van der Waals surface area contributed by atoms with Crippen LogP contribution in [-0.2, 0) is 6.54 Å². The van der Waals surface area contributed by atoms with E-state index in [2.05, 4.69) is 5.32 Å². The van der Waals surface area contributed by atoms with Crippen molar-refractivity contribution in [3.8, 4) is 11.8 Å². The van der Waals surface area contributed by atoms with E-state index in [4.69, 9.17) is 10.00 Å². The highest BCUT2D eigenvalue weighted by Crippen LogP contribution is 2.14. The lowest BCUT2D eigenvalue weighted by molar-refractivity contribution is 0.0951. The molecule has 2 aromatic carbocycles. The van der Waals surface area contributed by atoms with Crippen LogP contribution in [0.2, 0.25) is 0 Å². The van der Waals surface area contributed by atoms with Crippen LogP contribution in [-0.4, -0.2) is 12.0 Å². The van der Waals surface area contributed by atoms with Crippen LogP contribution < -0.4 is 10.1 Å². The van der Waals surface area contributed by atoms with Crippen molar-refractivity contribution in [2.75, 3.05) is 0 Å². The maximum atomic E-state index is 12.0. The standard InChI is InChI=1S/C18H18N2O2/c1-13(2)22-17-9-5-15(6-10-17)12-20-18(21)16-7-3-14(11-19)4-8-16/h3-10,13H,12H2,1-2H3,(H,20,21). The summed E-state index contributed by atoms with van der Waals surface area (Å²) in [4.78, 5) is 12.0. The Morgan fingerprint density at radius 2 is 1.77 bits per heavy atom. The summed E-state index contributed by atoms with van der Waals surface area (Å²) in [5, 5.41) is 11.6. The topological polar surface area (TPSA) is 62.1 Å². The Bertz CT molecular complexity index is 668. The second-order valence-electron chi connectivity index (χ2n) is 5.18. The highest BCUT2D eigenvalue weighted by Gasteiger charge is 2.05. The number of carbonyl (C=O) groups is 1. The van der Waals surface area contributed by atoms with E-state index in [1.807, 2.05) is 44.2 Å². The quantitative estimate of drug-likeness (QED) is 0.920. The Morgan fingerprint density at radius 3 is 2.32 bits per heavy atom. The fraction of sp³-hybridized carbons (Fsp3) is 0.222. The molecule has 0 unspecified atom stereocenters. The molecule has 22 heavy (non-hydrogen) atoms. The van der Waals surface area contributed by atoms with E-state index in [1.54, 1.807) is 24.3 Å². The number of ether oxygens (including phenoxy) is 1. The number of hydrogen-bond donors (Lipinski definition) is 1. The third-order valence-corrected chi connectivity index (χ3v) is 3.02. The lowest BCUT2D eigenvalue weighted by atomic mass is 10.1. The molecule has 0 atom stereocenters. The Balaban J connectivity index is 1.91. The van der Waals surface area contributed by atoms with Gasteiger partial charge in [0, 0.05) is 12.1 Å². The van der Waals surface area contributed by atoms with Crippen LogP contribution in [0.4, 0.5) is 0 Å². The van der Waals surface area contributed by atoms with Gasteiger partial charge in [-0.2, -0.15) is 5.26 Å². The molecule has 0 spiro atoms. The average Bonchev–Trinajstić information content (AvgIpc) is 2.53. The van der Waals surface area contributed by atoms with Crippen LogP contribution in [0.25, 0.3) is 0 Å². The van der Waals surface area contributed by atoms with Crippen LogP contribution in [0.1, 0.15) is 35.3 Å². The molecule has 0 saturated heterocycles. The first-order valence-corrected chi connectivity index (χ1v) is 7.12. The van der Waals surface area contributed by atoms with E-state index in [0.717, 1.165) is 11.3 Å². The Labute approximate surface area is 130 Å². The molecule has 0 aliphatic heterocycles. The van der Waals surface area contributed by atoms with Crippen LogP contribution in [0.15, 0.2) is 48.5 Å². The van der Waals surface area contributed by atoms with Gasteiger partial charge in [-0.3, -0.25) is 4.79 Å². The fourth-order valence-electron chi connectivity index (χ4n) is 1.94. The monoisotopic (exact) mass is 294 g/mol. The van der Waals surface area contributed by atoms with Gasteiger partial charge < -0.3 is 10.1 Å². The van der Waals surface area contributed by atoms with Crippen LogP contribution in [0.3, 0.4) is 0 Å². The summed E-state index contributed by atoms with van der Waals surface area (Å²) in [6.07, 6.45) is 0.141. The Hall–Kier alpha value is -2.80. The van der Waals surface area contributed by atoms with Gasteiger partial charge in [0.2, 0.25) is 0 Å². The van der Waals surface area contributed by atoms with Crippen molar-refractivity contribution in [1.29, 1.82) is 5.26 Å². The predicted molar refractivity (Wildman–Crippen MR) is 84.5 cm³/mol. The molecule has 0 aromatic heterocycles. The second kappa shape index (κ2) is 7.28. The summed E-state index contributed by atoms with van der Waals surface area (Å²) < 4.78 is 5.57. The van der Waals surface area contributed by atoms with Crippen LogP contribution >= 0.6 is 0 Å². The normalized spacial score (nSPS) is 10.1. The second-order valence-corrected chi connectivity index (χ2v) is 5.18. The Kier molecular flexibility index (Phi) is 5.16. The SMILES string of the molecule is CC(C)Oc1ccc(CNC(=O)c2ccc(C#N)cc2)cc1. The van der Waals surface area contributed by atoms with Gasteiger partial charge in [-0.25, -0.2) is 0 Å². The molecule has 112 valence electrons. The summed E-state index contributed by atoms with van der Waals surface area (Å²) in [6, 6.07) is 16.2. The number of hydrogen-bond acceptors (Lipinski definition) is 3. The molecule has 0 radical (unpaired) electrons. The zero-order valence-electron chi connectivity index (χ0n) is 12.7. The molecule has 1 N–H and O–H groups in total. The van der Waals surface area contributed by atoms with Gasteiger partial charge in [0.1, 0.15) is 5.75 Å². The van der Waals surface area contributed by atoms with Gasteiger partial charge in [0.05, 0.1) is 17.7 Å². The molecule has 1 amide bonds. The molecule has 4 heteroatoms. The van der Waals surface area contributed by atoms with E-state index in [0.29, 0.717) is 17.7 Å². The van der Waals surface area contributed by atoms with Crippen molar-refractivity contribution in [2.45, 2.75) is 26.5 Å². The summed E-state index contributed by atoms with van der Waals surface area (Å²) in [7, 11) is 0. The van der Waals surface area contributed by atoms with E-state index >= 15 is 0 Å². The molecule has 0 fully saturated rings. The van der Waals surface area contributed by atoms with Crippen molar-refractivity contribution in [2.24, 2.45) is 0 Å². The molecular weight excluding hydrogens is 276 g/mol. The summed E-state index contributed by atoms with van der Waals surface area (Å²) >= 11 is 0. The summed E-state index contributed by atoms with van der Waals surface area (Å²) in [5.74, 6) is 0.657. The van der Waals surface area contributed by atoms with E-state index in [9.17, 15) is 4.79 Å². The lowest BCUT2D eigenvalue weighted by Crippen LogP contribution is -2.22. The maximum absolute atomic E-state index is 12.0. The van der Waals surface area contributed by atoms with Gasteiger partial charge in [-0.15, -0.1) is 0 Å². The zero-order valence-corrected chi connectivity index (χ0v) is 12.7. The van der Waals surface area contributed by atoms with E-state index in [1.165, 1.54) is 0 Å². The number of benzene rings is 2. The van der Waals surface area contributed by atoms with Gasteiger partial charge >= 0.3 is 0 Å². The molecule has 0 aliphatic rings. The third kappa shape index (κ3) is 4.35. The molecular formula is C18H18N2O2. The fourth-order valence-corrected chi connectivity index (χ4v) is 1.94. The van der Waals surface area contributed by atoms with E-state index in [-0.39, 0.29) is 12.0 Å². The van der Waals surface area contributed by atoms with Crippen LogP contribution in [0, 0.1) is 11.3 Å². The summed E-state index contributed by atoms with van der Waals surface area (Å²) in [6.45, 7) is 4.40. The minimum absolute atomic E-state index is 0.141. The number of nitrogens with one attached hydrogen (secondary N) is 1. The first-order valence-electron chi connectivity index (χ1n) is 7.12. The predicted octanol–water partition coefficient (Wildman–Crippen LogP) is 3.28. The Morgan fingerprint density at radius 1 is 1.14 bits per heavy atom. The number of rotatable bonds is 5. The minimum atomic E-state index is -0.160. The summed E-state index contributed by atoms with van der Waals surface area (Å²) in [5.41, 5.74) is 2.08. The van der Waals surface area contributed by atoms with Gasteiger partial charge in [0.15, 0.2) is 0 Å². The smallest absolute Gasteiger partial charge is 0.251 e. The molecule has 0 saturated carbocycles. The van der Waals surface area contributed by atoms with Gasteiger partial charge in [-0.05, 0) is 55.8 Å². The largest absolute Gasteiger partial charge is 0.491 e. The number of amides is 1. The van der Waals surface area contributed by atoms with Gasteiger partial charge in [0.25, 0.3) is 5.91 Å². The van der Waals surface area contributed by atoms with Crippen molar-refractivity contribution < 1.29 is 9.53 Å². The van der Waals surface area contributed by atoms with Crippen molar-refractivity contribution in [3.63, 3.8) is 0 Å². The first-order chi connectivity index (χ1) is 10.6. The molecule has 2 aromatic rings. The van der Waals surface area contributed by atoms with Crippen molar-refractivity contribution in [1.82, 2.24) is 5.32 Å². The highest BCUT2D eigenvalue weighted by molar-refractivity contribution is 5.94. The maximum Gasteiger partial charge on any atom is 0.251 e. The van der Waals surface area contributed by atoms with Gasteiger partial charge in [-0.1, -0.05) is 12.1 Å². The third-order valence-electron chi connectivity index (χ3n) is 3.02. The zero-order chi connectivity index (χ0) is 15.9. The molecule has 0 aliphatic carbocycles. The average molecular weight is 294 g/mol. The van der Waals surface area contributed by atoms with Crippen LogP contribution in [0.5, 0.6) is 5.75 Å². The van der Waals surface area contributed by atoms with E-state index < -0.39 is 0 Å². The van der Waals surface area contributed by atoms with Crippen molar-refractivity contribution >= 4 is 5.91 Å². The number of nitriles is 1. The lowest BCUT2D eigenvalue weighted by Gasteiger charge is -2.10. The molecule has 0 bridgehead atoms. The first kappa shape index (κ1) is 15.6. The van der Waals surface area contributed by atoms with Crippen molar-refractivity contribution in [3.05, 3.63) is 65.2 Å². The number of carbonyl (C=O) groups excluding carboxylic acids is 1. The molecule has 2 rings (SSSR count). The highest BCUT2D eigenvalue weighted by atomic mass is 16.5. The molecule has 0 heterocycles. The molecule has 4 nitrogen and oxygen atoms in total. The number of nitrogens with zero attached hydrogens (tertiary/aromatic N) is 1.